The molecule has 2 aromatic carbocycles. The standard InChI is InChI=1S/C16H15ClN2O2/c17-12-4-6-13(7-5-12)19-16(20)21-14-8-3-11-2-1-9-18-15(11)10-14/h3-8,10,18H,1-2,9H2,(H,19,20). The molecule has 0 atom stereocenters. The van der Waals surface area contributed by atoms with Gasteiger partial charge in [-0.3, -0.25) is 5.32 Å². The van der Waals surface area contributed by atoms with Crippen LogP contribution in [0.3, 0.4) is 0 Å². The molecule has 0 radical (unpaired) electrons. The van der Waals surface area contributed by atoms with E-state index in [0.717, 1.165) is 25.1 Å². The van der Waals surface area contributed by atoms with Gasteiger partial charge in [0.05, 0.1) is 0 Å². The van der Waals surface area contributed by atoms with Crippen LogP contribution in [0.4, 0.5) is 16.2 Å². The van der Waals surface area contributed by atoms with Gasteiger partial charge in [0.15, 0.2) is 0 Å². The number of carbonyl (C=O) groups excluding carboxylic acids is 1. The van der Waals surface area contributed by atoms with Crippen LogP contribution in [-0.4, -0.2) is 12.6 Å². The summed E-state index contributed by atoms with van der Waals surface area (Å²) in [5.74, 6) is 0.523. The van der Waals surface area contributed by atoms with Crippen LogP contribution in [0.5, 0.6) is 5.75 Å². The molecular weight excluding hydrogens is 288 g/mol. The molecule has 0 aromatic heterocycles. The molecule has 1 aliphatic heterocycles. The van der Waals surface area contributed by atoms with Gasteiger partial charge in [-0.25, -0.2) is 4.79 Å². The zero-order valence-electron chi connectivity index (χ0n) is 11.4. The molecule has 2 N–H and O–H groups in total. The van der Waals surface area contributed by atoms with E-state index >= 15 is 0 Å². The van der Waals surface area contributed by atoms with Crippen molar-refractivity contribution in [2.45, 2.75) is 12.8 Å². The zero-order valence-corrected chi connectivity index (χ0v) is 12.1. The van der Waals surface area contributed by atoms with Gasteiger partial charge in [-0.1, -0.05) is 17.7 Å². The Hall–Kier alpha value is -2.20. The summed E-state index contributed by atoms with van der Waals surface area (Å²) >= 11 is 5.79. The number of fused-ring (bicyclic) bond motifs is 1. The summed E-state index contributed by atoms with van der Waals surface area (Å²) in [7, 11) is 0. The molecular formula is C16H15ClN2O2. The maximum Gasteiger partial charge on any atom is 0.417 e. The Balaban J connectivity index is 1.65. The first-order valence-electron chi connectivity index (χ1n) is 6.82. The van der Waals surface area contributed by atoms with E-state index in [1.165, 1.54) is 5.56 Å². The van der Waals surface area contributed by atoms with E-state index in [0.29, 0.717) is 16.5 Å². The van der Waals surface area contributed by atoms with Gasteiger partial charge in [-0.2, -0.15) is 0 Å². The molecule has 0 spiro atoms. The Morgan fingerprint density at radius 3 is 2.81 bits per heavy atom. The number of anilines is 2. The van der Waals surface area contributed by atoms with Gasteiger partial charge in [0.1, 0.15) is 5.75 Å². The third-order valence-corrected chi connectivity index (χ3v) is 3.57. The minimum atomic E-state index is -0.520. The van der Waals surface area contributed by atoms with E-state index in [4.69, 9.17) is 16.3 Å². The highest BCUT2D eigenvalue weighted by atomic mass is 35.5. The quantitative estimate of drug-likeness (QED) is 0.869. The Labute approximate surface area is 128 Å². The minimum Gasteiger partial charge on any atom is -0.410 e. The van der Waals surface area contributed by atoms with E-state index in [2.05, 4.69) is 10.6 Å². The fourth-order valence-corrected chi connectivity index (χ4v) is 2.41. The van der Waals surface area contributed by atoms with E-state index in [1.807, 2.05) is 18.2 Å². The Morgan fingerprint density at radius 1 is 1.19 bits per heavy atom. The summed E-state index contributed by atoms with van der Waals surface area (Å²) in [4.78, 5) is 11.8. The molecule has 0 fully saturated rings. The number of ether oxygens (including phenoxy) is 1. The molecule has 0 saturated heterocycles. The zero-order chi connectivity index (χ0) is 14.7. The largest absolute Gasteiger partial charge is 0.417 e. The third kappa shape index (κ3) is 3.47. The Bertz CT molecular complexity index is 656. The van der Waals surface area contributed by atoms with E-state index in [9.17, 15) is 4.79 Å². The van der Waals surface area contributed by atoms with Crippen LogP contribution in [0.15, 0.2) is 42.5 Å². The van der Waals surface area contributed by atoms with Crippen LogP contribution in [-0.2, 0) is 6.42 Å². The van der Waals surface area contributed by atoms with Crippen molar-refractivity contribution in [3.05, 3.63) is 53.1 Å². The molecule has 4 nitrogen and oxygen atoms in total. The second-order valence-electron chi connectivity index (χ2n) is 4.87. The first-order chi connectivity index (χ1) is 10.2. The normalized spacial score (nSPS) is 13.0. The van der Waals surface area contributed by atoms with Crippen LogP contribution >= 0.6 is 11.6 Å². The number of halogens is 1. The molecule has 1 amide bonds. The lowest BCUT2D eigenvalue weighted by Gasteiger charge is -2.18. The Morgan fingerprint density at radius 2 is 2.00 bits per heavy atom. The second kappa shape index (κ2) is 6.06. The van der Waals surface area contributed by atoms with Gasteiger partial charge >= 0.3 is 6.09 Å². The van der Waals surface area contributed by atoms with Gasteiger partial charge in [-0.15, -0.1) is 0 Å². The lowest BCUT2D eigenvalue weighted by Crippen LogP contribution is -2.17. The van der Waals surface area contributed by atoms with Crippen molar-refractivity contribution in [1.29, 1.82) is 0 Å². The monoisotopic (exact) mass is 302 g/mol. The fourth-order valence-electron chi connectivity index (χ4n) is 2.29. The molecule has 0 aliphatic carbocycles. The van der Waals surface area contributed by atoms with Crippen LogP contribution < -0.4 is 15.4 Å². The first kappa shape index (κ1) is 13.8. The fraction of sp³-hybridized carbons (Fsp3) is 0.188. The maximum absolute atomic E-state index is 11.8. The lowest BCUT2D eigenvalue weighted by atomic mass is 10.0. The van der Waals surface area contributed by atoms with Gasteiger partial charge in [-0.05, 0) is 48.7 Å². The van der Waals surface area contributed by atoms with E-state index < -0.39 is 6.09 Å². The average molecular weight is 303 g/mol. The number of nitrogens with one attached hydrogen (secondary N) is 2. The number of benzene rings is 2. The van der Waals surface area contributed by atoms with Crippen LogP contribution in [0.2, 0.25) is 5.02 Å². The third-order valence-electron chi connectivity index (χ3n) is 3.32. The number of hydrogen-bond acceptors (Lipinski definition) is 3. The van der Waals surface area contributed by atoms with Gasteiger partial charge in [0, 0.05) is 29.0 Å². The molecule has 0 saturated carbocycles. The molecule has 21 heavy (non-hydrogen) atoms. The predicted molar refractivity (Wildman–Crippen MR) is 84.4 cm³/mol. The van der Waals surface area contributed by atoms with E-state index in [1.54, 1.807) is 24.3 Å². The SMILES string of the molecule is O=C(Nc1ccc(Cl)cc1)Oc1ccc2c(c1)NCCC2. The van der Waals surface area contributed by atoms with E-state index in [-0.39, 0.29) is 0 Å². The molecule has 2 aromatic rings. The first-order valence-corrected chi connectivity index (χ1v) is 7.20. The van der Waals surface area contributed by atoms with Crippen molar-refractivity contribution in [1.82, 2.24) is 0 Å². The highest BCUT2D eigenvalue weighted by molar-refractivity contribution is 6.30. The van der Waals surface area contributed by atoms with Crippen molar-refractivity contribution >= 4 is 29.1 Å². The van der Waals surface area contributed by atoms with Gasteiger partial charge < -0.3 is 10.1 Å². The summed E-state index contributed by atoms with van der Waals surface area (Å²) in [6.45, 7) is 0.952. The Kier molecular flexibility index (Phi) is 3.97. The van der Waals surface area contributed by atoms with Gasteiger partial charge in [0.2, 0.25) is 0 Å². The summed E-state index contributed by atoms with van der Waals surface area (Å²) in [6, 6.07) is 12.5. The van der Waals surface area contributed by atoms with Crippen molar-refractivity contribution in [2.24, 2.45) is 0 Å². The van der Waals surface area contributed by atoms with Crippen LogP contribution in [0.25, 0.3) is 0 Å². The molecule has 3 rings (SSSR count). The highest BCUT2D eigenvalue weighted by Gasteiger charge is 2.11. The van der Waals surface area contributed by atoms with Crippen molar-refractivity contribution in [3.63, 3.8) is 0 Å². The molecule has 108 valence electrons. The van der Waals surface area contributed by atoms with Crippen LogP contribution in [0, 0.1) is 0 Å². The highest BCUT2D eigenvalue weighted by Crippen LogP contribution is 2.26. The lowest BCUT2D eigenvalue weighted by molar-refractivity contribution is 0.215. The van der Waals surface area contributed by atoms with Crippen molar-refractivity contribution in [3.8, 4) is 5.75 Å². The maximum atomic E-state index is 11.8. The summed E-state index contributed by atoms with van der Waals surface area (Å²) in [6.07, 6.45) is 1.66. The van der Waals surface area contributed by atoms with Crippen molar-refractivity contribution < 1.29 is 9.53 Å². The summed E-state index contributed by atoms with van der Waals surface area (Å²) < 4.78 is 5.29. The second-order valence-corrected chi connectivity index (χ2v) is 5.31. The molecule has 1 heterocycles. The number of aryl methyl sites for hydroxylation is 1. The molecule has 5 heteroatoms. The number of carbonyl (C=O) groups is 1. The molecule has 1 aliphatic rings. The molecule has 0 unspecified atom stereocenters. The number of amides is 1. The van der Waals surface area contributed by atoms with Gasteiger partial charge in [0.25, 0.3) is 0 Å². The number of hydrogen-bond donors (Lipinski definition) is 2. The minimum absolute atomic E-state index is 0.520. The number of rotatable bonds is 2. The summed E-state index contributed by atoms with van der Waals surface area (Å²) in [5, 5.41) is 6.58. The summed E-state index contributed by atoms with van der Waals surface area (Å²) in [5.41, 5.74) is 2.94. The predicted octanol–water partition coefficient (Wildman–Crippen LogP) is 4.31. The molecule has 0 bridgehead atoms. The topological polar surface area (TPSA) is 50.4 Å². The average Bonchev–Trinajstić information content (AvgIpc) is 2.49. The van der Waals surface area contributed by atoms with Crippen LogP contribution in [0.1, 0.15) is 12.0 Å². The van der Waals surface area contributed by atoms with Crippen molar-refractivity contribution in [2.75, 3.05) is 17.2 Å². The smallest absolute Gasteiger partial charge is 0.410 e.